The molecular formula is C10H20O7. The summed E-state index contributed by atoms with van der Waals surface area (Å²) in [5.41, 5.74) is 0. The molecule has 0 aliphatic carbocycles. The maximum absolute atomic E-state index is 8.56. The van der Waals surface area contributed by atoms with E-state index in [4.69, 9.17) is 35.1 Å². The molecule has 17 heavy (non-hydrogen) atoms. The zero-order chi connectivity index (χ0) is 14.1. The highest BCUT2D eigenvalue weighted by atomic mass is 16.6. The molecule has 0 spiro atoms. The molecule has 0 amide bonds. The highest BCUT2D eigenvalue weighted by molar-refractivity contribution is 5.53. The van der Waals surface area contributed by atoms with Crippen LogP contribution in [0.4, 0.5) is 4.79 Å². The molecule has 0 aromatic rings. The third-order valence-electron chi connectivity index (χ3n) is 0.893. The average molecular weight is 252 g/mol. The van der Waals surface area contributed by atoms with Crippen LogP contribution in [0.15, 0.2) is 25.3 Å². The van der Waals surface area contributed by atoms with Gasteiger partial charge in [0.25, 0.3) is 0 Å². The van der Waals surface area contributed by atoms with Crippen LogP contribution >= 0.6 is 0 Å². The first-order valence-electron chi connectivity index (χ1n) is 4.57. The van der Waals surface area contributed by atoms with Crippen molar-refractivity contribution in [1.29, 1.82) is 0 Å². The van der Waals surface area contributed by atoms with Gasteiger partial charge in [0.2, 0.25) is 0 Å². The van der Waals surface area contributed by atoms with E-state index in [1.807, 2.05) is 0 Å². The minimum absolute atomic E-state index is 0.365. The van der Waals surface area contributed by atoms with E-state index >= 15 is 0 Å². The number of rotatable bonds is 6. The minimum atomic E-state index is -1.83. The van der Waals surface area contributed by atoms with Crippen LogP contribution in [0.3, 0.4) is 0 Å². The van der Waals surface area contributed by atoms with Crippen molar-refractivity contribution in [2.24, 2.45) is 0 Å². The Bertz CT molecular complexity index is 165. The maximum Gasteiger partial charge on any atom is 0.503 e. The molecule has 0 bridgehead atoms. The summed E-state index contributed by atoms with van der Waals surface area (Å²) in [5, 5.41) is 38.0. The van der Waals surface area contributed by atoms with Crippen LogP contribution in [0, 0.1) is 0 Å². The van der Waals surface area contributed by atoms with E-state index in [1.54, 1.807) is 12.2 Å². The van der Waals surface area contributed by atoms with Gasteiger partial charge in [0, 0.05) is 0 Å². The predicted molar refractivity (Wildman–Crippen MR) is 62.0 cm³/mol. The summed E-state index contributed by atoms with van der Waals surface area (Å²) in [5.74, 6) is 0. The Morgan fingerprint density at radius 1 is 1.12 bits per heavy atom. The molecule has 0 radical (unpaired) electrons. The van der Waals surface area contributed by atoms with Gasteiger partial charge < -0.3 is 30.3 Å². The third-order valence-corrected chi connectivity index (χ3v) is 0.893. The van der Waals surface area contributed by atoms with Gasteiger partial charge in [-0.15, -0.1) is 13.2 Å². The fourth-order valence-corrected chi connectivity index (χ4v) is 0.292. The molecule has 0 aliphatic heterocycles. The fraction of sp³-hybridized carbons (Fsp3) is 0.500. The summed E-state index contributed by atoms with van der Waals surface area (Å²) in [7, 11) is 0. The molecule has 102 valence electrons. The van der Waals surface area contributed by atoms with Crippen LogP contribution < -0.4 is 0 Å². The minimum Gasteiger partial charge on any atom is -0.450 e. The van der Waals surface area contributed by atoms with Crippen molar-refractivity contribution in [3.63, 3.8) is 0 Å². The number of aliphatic hydroxyl groups excluding tert-OH is 3. The van der Waals surface area contributed by atoms with E-state index in [2.05, 4.69) is 13.2 Å². The van der Waals surface area contributed by atoms with Crippen LogP contribution in [0.1, 0.15) is 0 Å². The SMILES string of the molecule is C=CCOCC=C.O=C(O)O.OCC(O)CO. The van der Waals surface area contributed by atoms with E-state index in [9.17, 15) is 0 Å². The van der Waals surface area contributed by atoms with Crippen LogP contribution in [0.2, 0.25) is 0 Å². The summed E-state index contributed by atoms with van der Waals surface area (Å²) in [6.07, 6.45) is 0.637. The van der Waals surface area contributed by atoms with E-state index in [0.29, 0.717) is 13.2 Å². The van der Waals surface area contributed by atoms with Crippen LogP contribution in [-0.2, 0) is 4.74 Å². The Morgan fingerprint density at radius 3 is 1.53 bits per heavy atom. The van der Waals surface area contributed by atoms with Crippen molar-refractivity contribution in [1.82, 2.24) is 0 Å². The number of carboxylic acid groups (broad SMARTS) is 2. The Balaban J connectivity index is -0.000000180. The smallest absolute Gasteiger partial charge is 0.450 e. The van der Waals surface area contributed by atoms with Gasteiger partial charge in [-0.2, -0.15) is 0 Å². The second kappa shape index (κ2) is 20.1. The lowest BCUT2D eigenvalue weighted by molar-refractivity contribution is 0.0450. The van der Waals surface area contributed by atoms with Gasteiger partial charge in [0.05, 0.1) is 26.4 Å². The second-order valence-corrected chi connectivity index (χ2v) is 2.42. The molecule has 0 aromatic carbocycles. The second-order valence-electron chi connectivity index (χ2n) is 2.42. The molecule has 0 saturated heterocycles. The lowest BCUT2D eigenvalue weighted by atomic mass is 10.4. The van der Waals surface area contributed by atoms with Crippen LogP contribution in [0.25, 0.3) is 0 Å². The zero-order valence-corrected chi connectivity index (χ0v) is 9.53. The first kappa shape index (κ1) is 20.9. The molecule has 5 N–H and O–H groups in total. The van der Waals surface area contributed by atoms with E-state index in [0.717, 1.165) is 0 Å². The first-order chi connectivity index (χ1) is 7.95. The molecule has 0 aromatic heterocycles. The Morgan fingerprint density at radius 2 is 1.41 bits per heavy atom. The van der Waals surface area contributed by atoms with Crippen molar-refractivity contribution < 1.29 is 35.1 Å². The van der Waals surface area contributed by atoms with Gasteiger partial charge >= 0.3 is 6.16 Å². The lowest BCUT2D eigenvalue weighted by Gasteiger charge is -1.96. The van der Waals surface area contributed by atoms with Gasteiger partial charge in [0.15, 0.2) is 0 Å². The van der Waals surface area contributed by atoms with Gasteiger partial charge in [0.1, 0.15) is 6.10 Å². The van der Waals surface area contributed by atoms with Crippen molar-refractivity contribution in [2.75, 3.05) is 26.4 Å². The molecule has 0 rings (SSSR count). The number of hydrogen-bond donors (Lipinski definition) is 5. The molecule has 0 saturated carbocycles. The number of ether oxygens (including phenoxy) is 1. The monoisotopic (exact) mass is 252 g/mol. The van der Waals surface area contributed by atoms with Gasteiger partial charge in [-0.05, 0) is 0 Å². The summed E-state index contributed by atoms with van der Waals surface area (Å²) in [6, 6.07) is 0. The van der Waals surface area contributed by atoms with Gasteiger partial charge in [-0.1, -0.05) is 12.2 Å². The lowest BCUT2D eigenvalue weighted by Crippen LogP contribution is -2.15. The molecule has 0 heterocycles. The Hall–Kier alpha value is -1.41. The summed E-state index contributed by atoms with van der Waals surface area (Å²) in [4.78, 5) is 8.56. The summed E-state index contributed by atoms with van der Waals surface area (Å²) < 4.78 is 4.90. The Kier molecular flexibility index (Phi) is 24.7. The fourth-order valence-electron chi connectivity index (χ4n) is 0.292. The number of carbonyl (C=O) groups is 1. The maximum atomic E-state index is 8.56. The van der Waals surface area contributed by atoms with Crippen LogP contribution in [-0.4, -0.2) is 64.2 Å². The topological polar surface area (TPSA) is 127 Å². The van der Waals surface area contributed by atoms with Gasteiger partial charge in [-0.3, -0.25) is 0 Å². The number of hydrogen-bond acceptors (Lipinski definition) is 5. The Labute approximate surface area is 99.9 Å². The molecular weight excluding hydrogens is 232 g/mol. The highest BCUT2D eigenvalue weighted by Crippen LogP contribution is 1.73. The standard InChI is InChI=1S/C6H10O.C3H8O3.CH2O3/c1-3-5-7-6-4-2;4-1-3(6)2-5;2-1(3)4/h3-4H,1-2,5-6H2;3-6H,1-2H2;(H2,2,3,4). The molecule has 0 aliphatic rings. The molecule has 7 heteroatoms. The van der Waals surface area contributed by atoms with Crippen molar-refractivity contribution in [2.45, 2.75) is 6.10 Å². The molecule has 0 atom stereocenters. The molecule has 0 fully saturated rings. The summed E-state index contributed by atoms with van der Waals surface area (Å²) in [6.45, 7) is 7.45. The molecule has 7 nitrogen and oxygen atoms in total. The average Bonchev–Trinajstić information content (AvgIpc) is 2.29. The normalized spacial score (nSPS) is 8.24. The van der Waals surface area contributed by atoms with Crippen molar-refractivity contribution >= 4 is 6.16 Å². The predicted octanol–water partition coefficient (Wildman–Crippen LogP) is -0.0707. The largest absolute Gasteiger partial charge is 0.503 e. The third kappa shape index (κ3) is 53.3. The van der Waals surface area contributed by atoms with Crippen molar-refractivity contribution in [3.8, 4) is 0 Å². The van der Waals surface area contributed by atoms with Crippen molar-refractivity contribution in [3.05, 3.63) is 25.3 Å². The molecule has 0 unspecified atom stereocenters. The zero-order valence-electron chi connectivity index (χ0n) is 9.53. The quantitative estimate of drug-likeness (QED) is 0.330. The van der Waals surface area contributed by atoms with E-state index in [-0.39, 0.29) is 13.2 Å². The summed E-state index contributed by atoms with van der Waals surface area (Å²) >= 11 is 0. The van der Waals surface area contributed by atoms with Gasteiger partial charge in [-0.25, -0.2) is 4.79 Å². The van der Waals surface area contributed by atoms with E-state index < -0.39 is 12.3 Å². The highest BCUT2D eigenvalue weighted by Gasteiger charge is 1.93. The first-order valence-corrected chi connectivity index (χ1v) is 4.57. The number of aliphatic hydroxyl groups is 3. The van der Waals surface area contributed by atoms with E-state index in [1.165, 1.54) is 0 Å². The van der Waals surface area contributed by atoms with Crippen LogP contribution in [0.5, 0.6) is 0 Å².